The molecule has 0 fully saturated rings. The van der Waals surface area contributed by atoms with Gasteiger partial charge in [-0.2, -0.15) is 0 Å². The van der Waals surface area contributed by atoms with E-state index in [1.807, 2.05) is 26.0 Å². The van der Waals surface area contributed by atoms with E-state index in [1.54, 1.807) is 0 Å². The van der Waals surface area contributed by atoms with Crippen molar-refractivity contribution in [2.24, 2.45) is 0 Å². The lowest BCUT2D eigenvalue weighted by Crippen LogP contribution is -2.33. The van der Waals surface area contributed by atoms with Gasteiger partial charge in [0.15, 0.2) is 0 Å². The van der Waals surface area contributed by atoms with Crippen molar-refractivity contribution in [3.05, 3.63) is 83.0 Å². The molecule has 0 heterocycles. The van der Waals surface area contributed by atoms with Gasteiger partial charge in [0, 0.05) is 16.9 Å². The van der Waals surface area contributed by atoms with Crippen molar-refractivity contribution in [1.82, 2.24) is 0 Å². The van der Waals surface area contributed by atoms with Crippen LogP contribution < -0.4 is 4.90 Å². The first kappa shape index (κ1) is 18.5. The highest BCUT2D eigenvalue weighted by atomic mass is 16.3. The van der Waals surface area contributed by atoms with Crippen LogP contribution in [0.4, 0.5) is 11.4 Å². The molecule has 2 aromatic rings. The second kappa shape index (κ2) is 7.13. The number of allylic oxidation sites excluding steroid dienone is 2. The van der Waals surface area contributed by atoms with Crippen molar-refractivity contribution in [2.75, 3.05) is 4.90 Å². The normalized spacial score (nSPS) is 16.8. The van der Waals surface area contributed by atoms with E-state index < -0.39 is 5.60 Å². The van der Waals surface area contributed by atoms with Gasteiger partial charge < -0.3 is 10.0 Å². The molecule has 0 aromatic heterocycles. The molecule has 0 amide bonds. The molecule has 0 unspecified atom stereocenters. The molecule has 0 aliphatic heterocycles. The lowest BCUT2D eigenvalue weighted by atomic mass is 9.92. The minimum Gasteiger partial charge on any atom is -0.386 e. The van der Waals surface area contributed by atoms with Crippen molar-refractivity contribution in [1.29, 1.82) is 0 Å². The van der Waals surface area contributed by atoms with Crippen LogP contribution in [0.15, 0.2) is 60.7 Å². The average molecular weight is 348 g/mol. The van der Waals surface area contributed by atoms with Crippen LogP contribution in [0.5, 0.6) is 0 Å². The summed E-state index contributed by atoms with van der Waals surface area (Å²) < 4.78 is 0. The summed E-state index contributed by atoms with van der Waals surface area (Å²) in [5, 5.41) is 10.8. The summed E-state index contributed by atoms with van der Waals surface area (Å²) in [6.07, 6.45) is 9.63. The first-order valence-corrected chi connectivity index (χ1v) is 9.31. The molecule has 0 radical (unpaired) electrons. The summed E-state index contributed by atoms with van der Waals surface area (Å²) in [5.74, 6) is 0. The lowest BCUT2D eigenvalue weighted by Gasteiger charge is -2.38. The van der Waals surface area contributed by atoms with Gasteiger partial charge in [-0.25, -0.2) is 0 Å². The molecule has 136 valence electrons. The number of rotatable bonds is 4. The fourth-order valence-electron chi connectivity index (χ4n) is 3.98. The van der Waals surface area contributed by atoms with E-state index in [2.05, 4.69) is 74.2 Å². The predicted octanol–water partition coefficient (Wildman–Crippen LogP) is 5.86. The maximum absolute atomic E-state index is 10.8. The topological polar surface area (TPSA) is 23.5 Å². The Morgan fingerprint density at radius 1 is 1.00 bits per heavy atom. The van der Waals surface area contributed by atoms with Crippen molar-refractivity contribution in [3.8, 4) is 0 Å². The number of para-hydroxylation sites is 1. The first-order valence-electron chi connectivity index (χ1n) is 9.31. The van der Waals surface area contributed by atoms with Gasteiger partial charge in [-0.1, -0.05) is 60.2 Å². The number of hydrogen-bond donors (Lipinski definition) is 1. The van der Waals surface area contributed by atoms with E-state index in [0.717, 1.165) is 17.7 Å². The second-order valence-electron chi connectivity index (χ2n) is 7.81. The van der Waals surface area contributed by atoms with Crippen LogP contribution in [-0.4, -0.2) is 11.1 Å². The molecule has 0 saturated carbocycles. The van der Waals surface area contributed by atoms with Crippen LogP contribution in [-0.2, 0) is 5.60 Å². The Morgan fingerprint density at radius 2 is 1.65 bits per heavy atom. The van der Waals surface area contributed by atoms with Crippen LogP contribution in [0.3, 0.4) is 0 Å². The Hall–Kier alpha value is -2.32. The first-order chi connectivity index (χ1) is 12.3. The molecular formula is C24H29NO. The molecule has 2 aromatic carbocycles. The SMILES string of the molecule is Cc1cc(C)c(N(c2ccccc2C(C)(C)O)[C@H]2C=CC=CC2)c(C)c1. The quantitative estimate of drug-likeness (QED) is 0.748. The van der Waals surface area contributed by atoms with E-state index in [4.69, 9.17) is 0 Å². The van der Waals surface area contributed by atoms with E-state index in [-0.39, 0.29) is 6.04 Å². The number of aliphatic hydroxyl groups is 1. The summed E-state index contributed by atoms with van der Waals surface area (Å²) in [7, 11) is 0. The Labute approximate surface area is 157 Å². The highest BCUT2D eigenvalue weighted by Gasteiger charge is 2.28. The summed E-state index contributed by atoms with van der Waals surface area (Å²) >= 11 is 0. The van der Waals surface area contributed by atoms with Crippen molar-refractivity contribution in [3.63, 3.8) is 0 Å². The van der Waals surface area contributed by atoms with Crippen LogP contribution >= 0.6 is 0 Å². The van der Waals surface area contributed by atoms with Crippen molar-refractivity contribution >= 4 is 11.4 Å². The minimum absolute atomic E-state index is 0.226. The Kier molecular flexibility index (Phi) is 5.06. The monoisotopic (exact) mass is 347 g/mol. The molecule has 26 heavy (non-hydrogen) atoms. The lowest BCUT2D eigenvalue weighted by molar-refractivity contribution is 0.0791. The Bertz CT molecular complexity index is 832. The zero-order chi connectivity index (χ0) is 18.9. The summed E-state index contributed by atoms with van der Waals surface area (Å²) in [6.45, 7) is 10.2. The fraction of sp³-hybridized carbons (Fsp3) is 0.333. The number of hydrogen-bond acceptors (Lipinski definition) is 2. The zero-order valence-corrected chi connectivity index (χ0v) is 16.5. The third-order valence-corrected chi connectivity index (χ3v) is 4.99. The average Bonchev–Trinajstić information content (AvgIpc) is 2.58. The molecule has 0 bridgehead atoms. The maximum Gasteiger partial charge on any atom is 0.0860 e. The van der Waals surface area contributed by atoms with Gasteiger partial charge in [-0.05, 0) is 58.2 Å². The molecular weight excluding hydrogens is 318 g/mol. The van der Waals surface area contributed by atoms with Crippen molar-refractivity contribution in [2.45, 2.75) is 52.7 Å². The molecule has 0 spiro atoms. The van der Waals surface area contributed by atoms with Gasteiger partial charge in [0.25, 0.3) is 0 Å². The number of benzene rings is 2. The molecule has 3 rings (SSSR count). The highest BCUT2D eigenvalue weighted by Crippen LogP contribution is 2.40. The Balaban J connectivity index is 2.25. The van der Waals surface area contributed by atoms with Crippen LogP contribution in [0.1, 0.15) is 42.5 Å². The van der Waals surface area contributed by atoms with Gasteiger partial charge in [-0.15, -0.1) is 0 Å². The van der Waals surface area contributed by atoms with Crippen molar-refractivity contribution < 1.29 is 5.11 Å². The summed E-state index contributed by atoms with van der Waals surface area (Å²) in [6, 6.07) is 12.9. The third kappa shape index (κ3) is 3.61. The molecule has 0 saturated heterocycles. The van der Waals surface area contributed by atoms with Gasteiger partial charge in [0.2, 0.25) is 0 Å². The highest BCUT2D eigenvalue weighted by molar-refractivity contribution is 5.74. The predicted molar refractivity (Wildman–Crippen MR) is 111 cm³/mol. The standard InChI is InChI=1S/C24H29NO/c1-17-15-18(2)23(19(3)16-17)25(20-11-7-6-8-12-20)22-14-10-9-13-21(22)24(4,5)26/h6-11,13-16,20,26H,12H2,1-5H3/t20-/m0/s1. The van der Waals surface area contributed by atoms with Crippen LogP contribution in [0.2, 0.25) is 0 Å². The van der Waals surface area contributed by atoms with Crippen LogP contribution in [0, 0.1) is 20.8 Å². The molecule has 1 N–H and O–H groups in total. The van der Waals surface area contributed by atoms with Gasteiger partial charge in [-0.3, -0.25) is 0 Å². The number of anilines is 2. The molecule has 2 heteroatoms. The minimum atomic E-state index is -0.907. The van der Waals surface area contributed by atoms with Gasteiger partial charge in [0.1, 0.15) is 0 Å². The van der Waals surface area contributed by atoms with Gasteiger partial charge >= 0.3 is 0 Å². The van der Waals surface area contributed by atoms with Gasteiger partial charge in [0.05, 0.1) is 11.6 Å². The van der Waals surface area contributed by atoms with Crippen LogP contribution in [0.25, 0.3) is 0 Å². The third-order valence-electron chi connectivity index (χ3n) is 4.99. The number of aryl methyl sites for hydroxylation is 3. The Morgan fingerprint density at radius 3 is 2.23 bits per heavy atom. The fourth-order valence-corrected chi connectivity index (χ4v) is 3.98. The molecule has 1 aliphatic carbocycles. The molecule has 1 atom stereocenters. The molecule has 2 nitrogen and oxygen atoms in total. The summed E-state index contributed by atoms with van der Waals surface area (Å²) in [4.78, 5) is 2.40. The van der Waals surface area contributed by atoms with E-state index in [1.165, 1.54) is 22.4 Å². The largest absolute Gasteiger partial charge is 0.386 e. The maximum atomic E-state index is 10.8. The summed E-state index contributed by atoms with van der Waals surface area (Å²) in [5.41, 5.74) is 6.14. The van der Waals surface area contributed by atoms with E-state index in [0.29, 0.717) is 0 Å². The van der Waals surface area contributed by atoms with E-state index in [9.17, 15) is 5.11 Å². The van der Waals surface area contributed by atoms with E-state index >= 15 is 0 Å². The molecule has 1 aliphatic rings. The second-order valence-corrected chi connectivity index (χ2v) is 7.81. The number of nitrogens with zero attached hydrogens (tertiary/aromatic N) is 1. The zero-order valence-electron chi connectivity index (χ0n) is 16.5. The smallest absolute Gasteiger partial charge is 0.0860 e.